The van der Waals surface area contributed by atoms with E-state index in [-0.39, 0.29) is 0 Å². The standard InChI is InChI=1S/C52H36N4/c1-33-26-34(2)54-51(53-33)39-19-13-18-37(27-39)40-28-41(38-24-25-47-45-22-10-9-20-43(45)44-21-11-12-23-46(44)48(47)31-38)30-42(29-40)52-55-49(35-14-5-3-6-15-35)32-50(56-52)36-16-7-4-8-17-36/h3-32H,1-2H3. The third kappa shape index (κ3) is 6.17. The average molecular weight is 717 g/mol. The highest BCUT2D eigenvalue weighted by Gasteiger charge is 2.16. The Morgan fingerprint density at radius 1 is 0.250 bits per heavy atom. The van der Waals surface area contributed by atoms with Crippen molar-refractivity contribution in [3.8, 4) is 67.5 Å². The molecule has 264 valence electrons. The predicted molar refractivity (Wildman–Crippen MR) is 232 cm³/mol. The van der Waals surface area contributed by atoms with E-state index < -0.39 is 0 Å². The Bertz CT molecular complexity index is 2990. The van der Waals surface area contributed by atoms with Crippen molar-refractivity contribution in [3.63, 3.8) is 0 Å². The molecule has 0 saturated heterocycles. The van der Waals surface area contributed by atoms with Crippen molar-refractivity contribution in [2.45, 2.75) is 13.8 Å². The SMILES string of the molecule is Cc1cc(C)nc(-c2cccc(-c3cc(-c4ccc5c6ccccc6c6ccccc6c5c4)cc(-c4nc(-c5ccccc5)cc(-c5ccccc5)n4)c3)c2)n1. The van der Waals surface area contributed by atoms with Gasteiger partial charge in [-0.15, -0.1) is 0 Å². The van der Waals surface area contributed by atoms with E-state index in [1.807, 2.05) is 32.0 Å². The van der Waals surface area contributed by atoms with Crippen LogP contribution in [0.2, 0.25) is 0 Å². The summed E-state index contributed by atoms with van der Waals surface area (Å²) in [6.45, 7) is 4.03. The summed E-state index contributed by atoms with van der Waals surface area (Å²) in [5, 5.41) is 7.50. The quantitative estimate of drug-likeness (QED) is 0.161. The fraction of sp³-hybridized carbons (Fsp3) is 0.0385. The predicted octanol–water partition coefficient (Wildman–Crippen LogP) is 13.3. The number of aryl methyl sites for hydroxylation is 2. The lowest BCUT2D eigenvalue weighted by Crippen LogP contribution is -1.97. The Kier molecular flexibility index (Phi) is 8.23. The molecule has 2 heterocycles. The Morgan fingerprint density at radius 3 is 1.23 bits per heavy atom. The summed E-state index contributed by atoms with van der Waals surface area (Å²) in [4.78, 5) is 20.1. The van der Waals surface area contributed by atoms with Gasteiger partial charge >= 0.3 is 0 Å². The van der Waals surface area contributed by atoms with Crippen molar-refractivity contribution in [1.82, 2.24) is 19.9 Å². The van der Waals surface area contributed by atoms with Gasteiger partial charge in [-0.1, -0.05) is 140 Å². The topological polar surface area (TPSA) is 51.6 Å². The molecular weight excluding hydrogens is 681 g/mol. The molecule has 0 radical (unpaired) electrons. The number of fused-ring (bicyclic) bond motifs is 6. The minimum atomic E-state index is 0.666. The van der Waals surface area contributed by atoms with Crippen LogP contribution >= 0.6 is 0 Å². The Labute approximate surface area is 325 Å². The molecule has 8 aromatic carbocycles. The first kappa shape index (κ1) is 33.3. The highest BCUT2D eigenvalue weighted by molar-refractivity contribution is 6.25. The van der Waals surface area contributed by atoms with E-state index in [1.54, 1.807) is 0 Å². The van der Waals surface area contributed by atoms with Crippen molar-refractivity contribution >= 4 is 32.3 Å². The first-order valence-corrected chi connectivity index (χ1v) is 19.0. The van der Waals surface area contributed by atoms with Gasteiger partial charge in [0.05, 0.1) is 11.4 Å². The second-order valence-corrected chi connectivity index (χ2v) is 14.4. The summed E-state index contributed by atoms with van der Waals surface area (Å²) in [5.74, 6) is 1.39. The van der Waals surface area contributed by atoms with E-state index in [1.165, 1.54) is 32.3 Å². The second kappa shape index (κ2) is 13.8. The van der Waals surface area contributed by atoms with Gasteiger partial charge in [-0.2, -0.15) is 0 Å². The molecule has 0 unspecified atom stereocenters. The summed E-state index contributed by atoms with van der Waals surface area (Å²) in [5.41, 5.74) is 12.0. The molecule has 0 amide bonds. The first-order valence-electron chi connectivity index (χ1n) is 19.0. The van der Waals surface area contributed by atoms with Crippen LogP contribution in [-0.2, 0) is 0 Å². The van der Waals surface area contributed by atoms with Crippen LogP contribution in [0.4, 0.5) is 0 Å². The van der Waals surface area contributed by atoms with Crippen molar-refractivity contribution < 1.29 is 0 Å². The molecule has 0 saturated carbocycles. The van der Waals surface area contributed by atoms with Gasteiger partial charge in [-0.05, 0) is 111 Å². The molecule has 2 aromatic heterocycles. The van der Waals surface area contributed by atoms with Crippen LogP contribution in [0, 0.1) is 13.8 Å². The number of hydrogen-bond acceptors (Lipinski definition) is 4. The molecule has 4 heteroatoms. The molecule has 0 aliphatic heterocycles. The summed E-state index contributed by atoms with van der Waals surface area (Å²) in [7, 11) is 0. The maximum atomic E-state index is 5.25. The van der Waals surface area contributed by atoms with Crippen LogP contribution in [0.25, 0.3) is 99.9 Å². The number of benzene rings is 8. The first-order chi connectivity index (χ1) is 27.5. The van der Waals surface area contributed by atoms with Crippen LogP contribution in [-0.4, -0.2) is 19.9 Å². The van der Waals surface area contributed by atoms with E-state index in [0.29, 0.717) is 5.82 Å². The van der Waals surface area contributed by atoms with E-state index in [0.717, 1.165) is 73.1 Å². The van der Waals surface area contributed by atoms with Crippen molar-refractivity contribution in [3.05, 3.63) is 193 Å². The molecule has 10 rings (SSSR count). The average Bonchev–Trinajstić information content (AvgIpc) is 3.26. The van der Waals surface area contributed by atoms with E-state index in [9.17, 15) is 0 Å². The lowest BCUT2D eigenvalue weighted by Gasteiger charge is -2.15. The smallest absolute Gasteiger partial charge is 0.160 e. The molecule has 4 nitrogen and oxygen atoms in total. The zero-order chi connectivity index (χ0) is 37.6. The number of hydrogen-bond donors (Lipinski definition) is 0. The third-order valence-corrected chi connectivity index (χ3v) is 10.6. The fourth-order valence-electron chi connectivity index (χ4n) is 7.96. The normalized spacial score (nSPS) is 11.4. The van der Waals surface area contributed by atoms with Crippen LogP contribution in [0.3, 0.4) is 0 Å². The Hall–Kier alpha value is -7.30. The molecule has 0 fully saturated rings. The third-order valence-electron chi connectivity index (χ3n) is 10.6. The van der Waals surface area contributed by atoms with Gasteiger partial charge in [0.1, 0.15) is 0 Å². The van der Waals surface area contributed by atoms with Crippen molar-refractivity contribution in [2.24, 2.45) is 0 Å². The van der Waals surface area contributed by atoms with Gasteiger partial charge < -0.3 is 0 Å². The van der Waals surface area contributed by atoms with Crippen LogP contribution in [0.1, 0.15) is 11.4 Å². The number of rotatable bonds is 6. The zero-order valence-corrected chi connectivity index (χ0v) is 31.1. The highest BCUT2D eigenvalue weighted by Crippen LogP contribution is 2.39. The van der Waals surface area contributed by atoms with Crippen molar-refractivity contribution in [1.29, 1.82) is 0 Å². The lowest BCUT2D eigenvalue weighted by molar-refractivity contribution is 1.06. The van der Waals surface area contributed by atoms with Gasteiger partial charge in [-0.3, -0.25) is 0 Å². The molecule has 0 aliphatic carbocycles. The van der Waals surface area contributed by atoms with Crippen LogP contribution < -0.4 is 0 Å². The van der Waals surface area contributed by atoms with Crippen LogP contribution in [0.15, 0.2) is 182 Å². The molecule has 0 atom stereocenters. The molecule has 0 spiro atoms. The monoisotopic (exact) mass is 716 g/mol. The van der Waals surface area contributed by atoms with Gasteiger partial charge in [-0.25, -0.2) is 19.9 Å². The summed E-state index contributed by atoms with van der Waals surface area (Å²) in [6, 6.07) is 64.4. The molecular formula is C52H36N4. The molecule has 0 bridgehead atoms. The summed E-state index contributed by atoms with van der Waals surface area (Å²) >= 11 is 0. The minimum Gasteiger partial charge on any atom is -0.233 e. The van der Waals surface area contributed by atoms with Crippen LogP contribution in [0.5, 0.6) is 0 Å². The maximum absolute atomic E-state index is 5.25. The molecule has 10 aromatic rings. The van der Waals surface area contributed by atoms with E-state index in [4.69, 9.17) is 19.9 Å². The number of nitrogens with zero attached hydrogens (tertiary/aromatic N) is 4. The largest absolute Gasteiger partial charge is 0.233 e. The minimum absolute atomic E-state index is 0.666. The second-order valence-electron chi connectivity index (χ2n) is 14.4. The van der Waals surface area contributed by atoms with Crippen molar-refractivity contribution in [2.75, 3.05) is 0 Å². The van der Waals surface area contributed by atoms with E-state index >= 15 is 0 Å². The van der Waals surface area contributed by atoms with E-state index in [2.05, 4.69) is 164 Å². The van der Waals surface area contributed by atoms with Gasteiger partial charge in [0.25, 0.3) is 0 Å². The fourth-order valence-corrected chi connectivity index (χ4v) is 7.96. The molecule has 56 heavy (non-hydrogen) atoms. The highest BCUT2D eigenvalue weighted by atomic mass is 14.9. The molecule has 0 aliphatic rings. The van der Waals surface area contributed by atoms with Gasteiger partial charge in [0.15, 0.2) is 11.6 Å². The Balaban J connectivity index is 1.21. The number of aromatic nitrogens is 4. The summed E-state index contributed by atoms with van der Waals surface area (Å²) < 4.78 is 0. The lowest BCUT2D eigenvalue weighted by atomic mass is 9.90. The summed E-state index contributed by atoms with van der Waals surface area (Å²) in [6.07, 6.45) is 0. The van der Waals surface area contributed by atoms with Gasteiger partial charge in [0.2, 0.25) is 0 Å². The molecule has 0 N–H and O–H groups in total. The Morgan fingerprint density at radius 2 is 0.661 bits per heavy atom. The maximum Gasteiger partial charge on any atom is 0.160 e. The van der Waals surface area contributed by atoms with Gasteiger partial charge in [0, 0.05) is 33.6 Å². The zero-order valence-electron chi connectivity index (χ0n) is 31.1.